The summed E-state index contributed by atoms with van der Waals surface area (Å²) < 4.78 is 43.3. The summed E-state index contributed by atoms with van der Waals surface area (Å²) in [6.45, 7) is 1.33. The van der Waals surface area contributed by atoms with Crippen molar-refractivity contribution in [1.29, 1.82) is 0 Å². The molecule has 0 bridgehead atoms. The van der Waals surface area contributed by atoms with E-state index >= 15 is 0 Å². The topological polar surface area (TPSA) is 87.2 Å². The van der Waals surface area contributed by atoms with Crippen LogP contribution in [0.1, 0.15) is 23.0 Å². The number of nitrogens with two attached hydrogens (primary N) is 1. The molecule has 23 heavy (non-hydrogen) atoms. The molecule has 0 fully saturated rings. The molecule has 1 heterocycles. The number of benzene rings is 1. The van der Waals surface area contributed by atoms with Crippen LogP contribution < -0.4 is 5.73 Å². The van der Waals surface area contributed by atoms with Crippen LogP contribution >= 0.6 is 0 Å². The second kappa shape index (κ2) is 6.11. The van der Waals surface area contributed by atoms with Crippen molar-refractivity contribution in [2.24, 2.45) is 5.73 Å². The summed E-state index contributed by atoms with van der Waals surface area (Å²) in [5, 5.41) is 3.41. The molecule has 2 N–H and O–H groups in total. The first kappa shape index (κ1) is 16.5. The van der Waals surface area contributed by atoms with Crippen LogP contribution in [0.2, 0.25) is 0 Å². The largest absolute Gasteiger partial charge is 0.449 e. The smallest absolute Gasteiger partial charge is 0.435 e. The van der Waals surface area contributed by atoms with Gasteiger partial charge in [-0.3, -0.25) is 4.79 Å². The average molecular weight is 327 g/mol. The number of rotatable bonds is 4. The maximum absolute atomic E-state index is 12.5. The summed E-state index contributed by atoms with van der Waals surface area (Å²) in [5.74, 6) is -1.55. The SMILES string of the molecule is C[C@@H](OC(=O)c1ccc(-n2ccc(C(F)(F)F)n2)cc1)C(N)=O. The number of alkyl halides is 3. The van der Waals surface area contributed by atoms with E-state index in [4.69, 9.17) is 10.5 Å². The number of carbonyl (C=O) groups is 2. The average Bonchev–Trinajstić information content (AvgIpc) is 2.97. The van der Waals surface area contributed by atoms with Gasteiger partial charge in [-0.15, -0.1) is 0 Å². The van der Waals surface area contributed by atoms with E-state index in [1.54, 1.807) is 0 Å². The number of hydrogen-bond acceptors (Lipinski definition) is 4. The molecule has 0 aliphatic carbocycles. The number of esters is 1. The van der Waals surface area contributed by atoms with Gasteiger partial charge in [-0.1, -0.05) is 0 Å². The van der Waals surface area contributed by atoms with Gasteiger partial charge < -0.3 is 10.5 Å². The molecule has 0 aliphatic rings. The molecule has 0 saturated carbocycles. The van der Waals surface area contributed by atoms with Crippen molar-refractivity contribution in [1.82, 2.24) is 9.78 Å². The van der Waals surface area contributed by atoms with Gasteiger partial charge in [0.05, 0.1) is 11.3 Å². The first-order valence-corrected chi connectivity index (χ1v) is 6.42. The van der Waals surface area contributed by atoms with Crippen LogP contribution in [0, 0.1) is 0 Å². The Morgan fingerprint density at radius 2 is 1.83 bits per heavy atom. The van der Waals surface area contributed by atoms with Crippen molar-refractivity contribution in [3.63, 3.8) is 0 Å². The number of ether oxygens (including phenoxy) is 1. The Bertz CT molecular complexity index is 723. The summed E-state index contributed by atoms with van der Waals surface area (Å²) in [7, 11) is 0. The van der Waals surface area contributed by atoms with Crippen molar-refractivity contribution in [3.8, 4) is 5.69 Å². The van der Waals surface area contributed by atoms with Gasteiger partial charge in [0, 0.05) is 6.20 Å². The third-order valence-corrected chi connectivity index (χ3v) is 2.93. The lowest BCUT2D eigenvalue weighted by Gasteiger charge is -2.10. The minimum atomic E-state index is -4.53. The third kappa shape index (κ3) is 3.87. The maximum atomic E-state index is 12.5. The van der Waals surface area contributed by atoms with Gasteiger partial charge in [-0.2, -0.15) is 18.3 Å². The van der Waals surface area contributed by atoms with Gasteiger partial charge in [0.15, 0.2) is 11.8 Å². The van der Waals surface area contributed by atoms with Crippen LogP contribution in [0.3, 0.4) is 0 Å². The molecule has 0 spiro atoms. The molecule has 2 aromatic rings. The van der Waals surface area contributed by atoms with E-state index in [9.17, 15) is 22.8 Å². The number of halogens is 3. The summed E-state index contributed by atoms with van der Waals surface area (Å²) >= 11 is 0. The Morgan fingerprint density at radius 1 is 1.22 bits per heavy atom. The molecule has 122 valence electrons. The fourth-order valence-corrected chi connectivity index (χ4v) is 1.66. The Morgan fingerprint density at radius 3 is 2.30 bits per heavy atom. The Hall–Kier alpha value is -2.84. The van der Waals surface area contributed by atoms with E-state index in [1.807, 2.05) is 0 Å². The van der Waals surface area contributed by atoms with Crippen LogP contribution in [0.5, 0.6) is 0 Å². The first-order valence-electron chi connectivity index (χ1n) is 6.42. The Kier molecular flexibility index (Phi) is 4.39. The van der Waals surface area contributed by atoms with Gasteiger partial charge in [0.2, 0.25) is 0 Å². The molecule has 0 aliphatic heterocycles. The van der Waals surface area contributed by atoms with Gasteiger partial charge >= 0.3 is 12.1 Å². The van der Waals surface area contributed by atoms with Crippen molar-refractivity contribution >= 4 is 11.9 Å². The lowest BCUT2D eigenvalue weighted by atomic mass is 10.2. The highest BCUT2D eigenvalue weighted by Gasteiger charge is 2.33. The van der Waals surface area contributed by atoms with Gasteiger partial charge in [-0.25, -0.2) is 9.48 Å². The van der Waals surface area contributed by atoms with Crippen LogP contribution in [0.25, 0.3) is 5.69 Å². The van der Waals surface area contributed by atoms with E-state index in [0.29, 0.717) is 5.69 Å². The van der Waals surface area contributed by atoms with E-state index in [-0.39, 0.29) is 5.56 Å². The third-order valence-electron chi connectivity index (χ3n) is 2.93. The molecular formula is C14H12F3N3O3. The highest BCUT2D eigenvalue weighted by molar-refractivity contribution is 5.92. The van der Waals surface area contributed by atoms with Crippen molar-refractivity contribution in [2.75, 3.05) is 0 Å². The number of nitrogens with zero attached hydrogens (tertiary/aromatic N) is 2. The molecule has 1 amide bonds. The Labute approximate surface area is 128 Å². The molecule has 0 radical (unpaired) electrons. The maximum Gasteiger partial charge on any atom is 0.435 e. The zero-order chi connectivity index (χ0) is 17.2. The number of primary amides is 1. The highest BCUT2D eigenvalue weighted by Crippen LogP contribution is 2.27. The summed E-state index contributed by atoms with van der Waals surface area (Å²) in [6.07, 6.45) is -4.45. The second-order valence-corrected chi connectivity index (χ2v) is 4.64. The Balaban J connectivity index is 2.15. The fourth-order valence-electron chi connectivity index (χ4n) is 1.66. The zero-order valence-corrected chi connectivity index (χ0v) is 11.9. The van der Waals surface area contributed by atoms with Crippen molar-refractivity contribution in [2.45, 2.75) is 19.2 Å². The predicted octanol–water partition coefficient (Wildman–Crippen LogP) is 1.92. The molecule has 6 nitrogen and oxygen atoms in total. The van der Waals surface area contributed by atoms with E-state index in [2.05, 4.69) is 5.10 Å². The number of aromatic nitrogens is 2. The van der Waals surface area contributed by atoms with E-state index < -0.39 is 29.9 Å². The normalized spacial score (nSPS) is 12.7. The first-order chi connectivity index (χ1) is 10.7. The minimum Gasteiger partial charge on any atom is -0.449 e. The minimum absolute atomic E-state index is 0.130. The zero-order valence-electron chi connectivity index (χ0n) is 11.9. The van der Waals surface area contributed by atoms with Crippen LogP contribution in [0.15, 0.2) is 36.5 Å². The van der Waals surface area contributed by atoms with Crippen LogP contribution in [0.4, 0.5) is 13.2 Å². The summed E-state index contributed by atoms with van der Waals surface area (Å²) in [4.78, 5) is 22.6. The quantitative estimate of drug-likeness (QED) is 0.869. The number of hydrogen-bond donors (Lipinski definition) is 1. The van der Waals surface area contributed by atoms with Crippen molar-refractivity contribution < 1.29 is 27.5 Å². The van der Waals surface area contributed by atoms with Crippen LogP contribution in [-0.2, 0) is 15.7 Å². The summed E-state index contributed by atoms with van der Waals surface area (Å²) in [5.41, 5.74) is 4.43. The van der Waals surface area contributed by atoms with Gasteiger partial charge in [-0.05, 0) is 37.3 Å². The number of amides is 1. The monoisotopic (exact) mass is 327 g/mol. The van der Waals surface area contributed by atoms with Gasteiger partial charge in [0.1, 0.15) is 0 Å². The van der Waals surface area contributed by atoms with E-state index in [0.717, 1.165) is 16.9 Å². The molecule has 1 aromatic carbocycles. The molecule has 1 atom stereocenters. The predicted molar refractivity (Wildman–Crippen MR) is 72.6 cm³/mol. The molecular weight excluding hydrogens is 315 g/mol. The lowest BCUT2D eigenvalue weighted by molar-refractivity contribution is -0.141. The number of carbonyl (C=O) groups excluding carboxylic acids is 2. The van der Waals surface area contributed by atoms with Gasteiger partial charge in [0.25, 0.3) is 5.91 Å². The highest BCUT2D eigenvalue weighted by atomic mass is 19.4. The standard InChI is InChI=1S/C14H12F3N3O3/c1-8(12(18)21)23-13(22)9-2-4-10(5-3-9)20-7-6-11(19-20)14(15,16)17/h2-8H,1H3,(H2,18,21)/t8-/m1/s1. The molecule has 1 aromatic heterocycles. The van der Waals surface area contributed by atoms with E-state index in [1.165, 1.54) is 31.2 Å². The van der Waals surface area contributed by atoms with Crippen molar-refractivity contribution in [3.05, 3.63) is 47.8 Å². The summed E-state index contributed by atoms with van der Waals surface area (Å²) in [6, 6.07) is 6.34. The lowest BCUT2D eigenvalue weighted by Crippen LogP contribution is -2.30. The van der Waals surface area contributed by atoms with Crippen LogP contribution in [-0.4, -0.2) is 27.8 Å². The molecule has 0 saturated heterocycles. The second-order valence-electron chi connectivity index (χ2n) is 4.64. The molecule has 2 rings (SSSR count). The molecule has 0 unspecified atom stereocenters. The fraction of sp³-hybridized carbons (Fsp3) is 0.214. The molecule has 9 heteroatoms.